The van der Waals surface area contributed by atoms with Crippen molar-refractivity contribution in [1.82, 2.24) is 4.90 Å². The van der Waals surface area contributed by atoms with E-state index in [0.29, 0.717) is 13.0 Å². The van der Waals surface area contributed by atoms with Crippen molar-refractivity contribution in [3.63, 3.8) is 0 Å². The lowest BCUT2D eigenvalue weighted by molar-refractivity contribution is 0.167. The Morgan fingerprint density at radius 1 is 0.903 bits per heavy atom. The van der Waals surface area contributed by atoms with E-state index in [4.69, 9.17) is 14.2 Å². The van der Waals surface area contributed by atoms with Crippen LogP contribution in [0.25, 0.3) is 0 Å². The fraction of sp³-hybridized carbons (Fsp3) is 0.308. The number of fused-ring (bicyclic) bond motifs is 2. The molecule has 2 heterocycles. The van der Waals surface area contributed by atoms with Crippen LogP contribution in [0.2, 0.25) is 0 Å². The molecule has 5 rings (SSSR count). The molecular formula is C26H27NO4. The lowest BCUT2D eigenvalue weighted by atomic mass is 9.99. The average molecular weight is 418 g/mol. The molecule has 3 aromatic rings. The van der Waals surface area contributed by atoms with Crippen LogP contribution in [-0.2, 0) is 19.5 Å². The van der Waals surface area contributed by atoms with E-state index in [1.807, 2.05) is 42.5 Å². The third kappa shape index (κ3) is 4.53. The van der Waals surface area contributed by atoms with Crippen LogP contribution in [0.5, 0.6) is 17.2 Å². The summed E-state index contributed by atoms with van der Waals surface area (Å²) in [5.41, 5.74) is 4.42. The maximum atomic E-state index is 10.8. The molecule has 5 nitrogen and oxygen atoms in total. The fourth-order valence-corrected chi connectivity index (χ4v) is 4.28. The minimum absolute atomic E-state index is 0.280. The first-order chi connectivity index (χ1) is 15.3. The molecule has 0 saturated heterocycles. The third-order valence-electron chi connectivity index (χ3n) is 5.95. The number of hydrogen-bond acceptors (Lipinski definition) is 5. The molecule has 0 radical (unpaired) electrons. The SMILES string of the molecule is O[C@@H](CCc1ccccc1)c1ccc2c(c1)CN(Cc1cccc3c1OCO3)CCO2. The molecule has 0 saturated carbocycles. The van der Waals surface area contributed by atoms with Crippen molar-refractivity contribution in [2.75, 3.05) is 19.9 Å². The van der Waals surface area contributed by atoms with E-state index in [9.17, 15) is 5.11 Å². The zero-order chi connectivity index (χ0) is 21.0. The van der Waals surface area contributed by atoms with Crippen molar-refractivity contribution in [1.29, 1.82) is 0 Å². The number of aryl methyl sites for hydroxylation is 1. The van der Waals surface area contributed by atoms with Crippen LogP contribution >= 0.6 is 0 Å². The monoisotopic (exact) mass is 417 g/mol. The summed E-state index contributed by atoms with van der Waals surface area (Å²) >= 11 is 0. The van der Waals surface area contributed by atoms with E-state index in [1.165, 1.54) is 5.56 Å². The number of aliphatic hydroxyl groups is 1. The highest BCUT2D eigenvalue weighted by Gasteiger charge is 2.22. The summed E-state index contributed by atoms with van der Waals surface area (Å²) in [7, 11) is 0. The highest BCUT2D eigenvalue weighted by Crippen LogP contribution is 2.36. The normalized spacial score (nSPS) is 16.3. The van der Waals surface area contributed by atoms with Crippen molar-refractivity contribution < 1.29 is 19.3 Å². The van der Waals surface area contributed by atoms with Gasteiger partial charge in [-0.3, -0.25) is 4.90 Å². The Morgan fingerprint density at radius 2 is 1.81 bits per heavy atom. The Balaban J connectivity index is 1.29. The van der Waals surface area contributed by atoms with Gasteiger partial charge >= 0.3 is 0 Å². The lowest BCUT2D eigenvalue weighted by Crippen LogP contribution is -2.25. The molecule has 0 unspecified atom stereocenters. The second-order valence-electron chi connectivity index (χ2n) is 8.12. The molecular weight excluding hydrogens is 390 g/mol. The van der Waals surface area contributed by atoms with Crippen LogP contribution in [0, 0.1) is 0 Å². The van der Waals surface area contributed by atoms with Gasteiger partial charge in [0.25, 0.3) is 0 Å². The van der Waals surface area contributed by atoms with Crippen molar-refractivity contribution in [2.45, 2.75) is 32.0 Å². The first kappa shape index (κ1) is 19.9. The summed E-state index contributed by atoms with van der Waals surface area (Å²) in [5.74, 6) is 2.56. The second-order valence-corrected chi connectivity index (χ2v) is 8.12. The Bertz CT molecular complexity index is 1040. The van der Waals surface area contributed by atoms with Gasteiger partial charge in [0.15, 0.2) is 11.5 Å². The molecule has 0 spiro atoms. The number of para-hydroxylation sites is 1. The molecule has 3 aromatic carbocycles. The van der Waals surface area contributed by atoms with Gasteiger partial charge in [-0.25, -0.2) is 0 Å². The van der Waals surface area contributed by atoms with Gasteiger partial charge in [-0.2, -0.15) is 0 Å². The van der Waals surface area contributed by atoms with Crippen LogP contribution < -0.4 is 14.2 Å². The van der Waals surface area contributed by atoms with Crippen LogP contribution in [0.4, 0.5) is 0 Å². The molecule has 1 atom stereocenters. The fourth-order valence-electron chi connectivity index (χ4n) is 4.28. The molecule has 1 N–H and O–H groups in total. The Morgan fingerprint density at radius 3 is 2.71 bits per heavy atom. The van der Waals surface area contributed by atoms with Gasteiger partial charge in [-0.15, -0.1) is 0 Å². The highest BCUT2D eigenvalue weighted by molar-refractivity contribution is 5.48. The standard InChI is InChI=1S/C26H27NO4/c28-23(11-9-19-5-2-1-3-6-19)20-10-12-24-22(15-20)17-27(13-14-29-24)16-21-7-4-8-25-26(21)31-18-30-25/h1-8,10,12,15,23,28H,9,11,13-14,16-18H2/t23-/m0/s1. The summed E-state index contributed by atoms with van der Waals surface area (Å²) in [6, 6.07) is 22.4. The smallest absolute Gasteiger partial charge is 0.231 e. The number of aliphatic hydroxyl groups excluding tert-OH is 1. The molecule has 0 aliphatic carbocycles. The van der Waals surface area contributed by atoms with Gasteiger partial charge in [-0.1, -0.05) is 48.5 Å². The summed E-state index contributed by atoms with van der Waals surface area (Å²) in [4.78, 5) is 2.35. The van der Waals surface area contributed by atoms with Crippen LogP contribution in [0.1, 0.15) is 34.8 Å². The first-order valence-corrected chi connectivity index (χ1v) is 10.8. The summed E-state index contributed by atoms with van der Waals surface area (Å²) in [6.45, 7) is 3.26. The Hall–Kier alpha value is -3.02. The Kier molecular flexibility index (Phi) is 5.78. The number of benzene rings is 3. The zero-order valence-corrected chi connectivity index (χ0v) is 17.5. The minimum Gasteiger partial charge on any atom is -0.492 e. The number of rotatable bonds is 6. The number of hydrogen-bond donors (Lipinski definition) is 1. The summed E-state index contributed by atoms with van der Waals surface area (Å²) < 4.78 is 17.2. The number of nitrogens with zero attached hydrogens (tertiary/aromatic N) is 1. The molecule has 2 aliphatic rings. The minimum atomic E-state index is -0.495. The summed E-state index contributed by atoms with van der Waals surface area (Å²) in [6.07, 6.45) is 1.05. The van der Waals surface area contributed by atoms with Gasteiger partial charge in [0.2, 0.25) is 6.79 Å². The maximum absolute atomic E-state index is 10.8. The van der Waals surface area contributed by atoms with E-state index in [0.717, 1.165) is 60.0 Å². The van der Waals surface area contributed by atoms with Crippen LogP contribution in [-0.4, -0.2) is 30.0 Å². The van der Waals surface area contributed by atoms with Gasteiger partial charge in [0.1, 0.15) is 12.4 Å². The lowest BCUT2D eigenvalue weighted by Gasteiger charge is -2.20. The molecule has 0 fully saturated rings. The number of ether oxygens (including phenoxy) is 3. The van der Waals surface area contributed by atoms with Crippen molar-refractivity contribution in [2.24, 2.45) is 0 Å². The van der Waals surface area contributed by atoms with Gasteiger partial charge < -0.3 is 19.3 Å². The van der Waals surface area contributed by atoms with Gasteiger partial charge in [0, 0.05) is 30.8 Å². The molecule has 0 bridgehead atoms. The van der Waals surface area contributed by atoms with E-state index in [1.54, 1.807) is 0 Å². The molecule has 5 heteroatoms. The molecule has 0 amide bonds. The highest BCUT2D eigenvalue weighted by atomic mass is 16.7. The van der Waals surface area contributed by atoms with Crippen molar-refractivity contribution >= 4 is 0 Å². The largest absolute Gasteiger partial charge is 0.492 e. The zero-order valence-electron chi connectivity index (χ0n) is 17.5. The molecule has 160 valence electrons. The van der Waals surface area contributed by atoms with E-state index in [2.05, 4.69) is 29.2 Å². The predicted octanol–water partition coefficient (Wildman–Crippen LogP) is 4.48. The second kappa shape index (κ2) is 9.00. The van der Waals surface area contributed by atoms with Crippen LogP contribution in [0.15, 0.2) is 66.7 Å². The quantitative estimate of drug-likeness (QED) is 0.641. The molecule has 2 aliphatic heterocycles. The topological polar surface area (TPSA) is 51.2 Å². The van der Waals surface area contributed by atoms with Gasteiger partial charge in [-0.05, 0) is 42.2 Å². The molecule has 0 aromatic heterocycles. The maximum Gasteiger partial charge on any atom is 0.231 e. The summed E-state index contributed by atoms with van der Waals surface area (Å²) in [5, 5.41) is 10.8. The van der Waals surface area contributed by atoms with Crippen molar-refractivity contribution in [3.8, 4) is 17.2 Å². The van der Waals surface area contributed by atoms with E-state index < -0.39 is 6.10 Å². The molecule has 31 heavy (non-hydrogen) atoms. The average Bonchev–Trinajstić information content (AvgIpc) is 3.20. The van der Waals surface area contributed by atoms with E-state index in [-0.39, 0.29) is 6.79 Å². The Labute approximate surface area is 182 Å². The van der Waals surface area contributed by atoms with Crippen molar-refractivity contribution in [3.05, 3.63) is 89.0 Å². The van der Waals surface area contributed by atoms with Crippen LogP contribution in [0.3, 0.4) is 0 Å². The first-order valence-electron chi connectivity index (χ1n) is 10.8. The predicted molar refractivity (Wildman–Crippen MR) is 118 cm³/mol. The third-order valence-corrected chi connectivity index (χ3v) is 5.95. The van der Waals surface area contributed by atoms with Gasteiger partial charge in [0.05, 0.1) is 6.10 Å². The van der Waals surface area contributed by atoms with E-state index >= 15 is 0 Å².